The van der Waals surface area contributed by atoms with Crippen LogP contribution >= 0.6 is 23.2 Å². The molecule has 0 bridgehead atoms. The van der Waals surface area contributed by atoms with Crippen LogP contribution in [0.2, 0.25) is 0 Å². The van der Waals surface area contributed by atoms with Gasteiger partial charge in [-0.3, -0.25) is 20.2 Å². The average Bonchev–Trinajstić information content (AvgIpc) is 2.19. The Morgan fingerprint density at radius 3 is 2.11 bits per heavy atom. The zero-order valence-electron chi connectivity index (χ0n) is 8.20. The van der Waals surface area contributed by atoms with Crippen LogP contribution in [0.5, 0.6) is 0 Å². The van der Waals surface area contributed by atoms with E-state index in [-0.39, 0.29) is 6.08 Å². The van der Waals surface area contributed by atoms with Gasteiger partial charge in [0.25, 0.3) is 5.70 Å². The fourth-order valence-corrected chi connectivity index (χ4v) is 1.82. The molecule has 1 rings (SSSR count). The average molecular weight is 307 g/mol. The van der Waals surface area contributed by atoms with Gasteiger partial charge in [-0.05, 0) is 0 Å². The standard InChI is InChI=1S/C7H3Cl2F3N2O4/c8-3-1-6(14(17)18,7(10,11)12)2-4(5(3)9)13(15)16/h1H,2H2. The summed E-state index contributed by atoms with van der Waals surface area (Å²) >= 11 is 10.7. The third-order valence-electron chi connectivity index (χ3n) is 2.30. The highest BCUT2D eigenvalue weighted by Crippen LogP contribution is 2.46. The second-order valence-electron chi connectivity index (χ2n) is 3.37. The molecule has 1 unspecified atom stereocenters. The van der Waals surface area contributed by atoms with Crippen LogP contribution in [0.1, 0.15) is 6.42 Å². The van der Waals surface area contributed by atoms with Crippen molar-refractivity contribution in [2.45, 2.75) is 18.1 Å². The number of hydrogen-bond acceptors (Lipinski definition) is 4. The first-order valence-corrected chi connectivity index (χ1v) is 4.91. The Hall–Kier alpha value is -1.35. The van der Waals surface area contributed by atoms with Gasteiger partial charge in [0.1, 0.15) is 11.5 Å². The van der Waals surface area contributed by atoms with Crippen LogP contribution in [0.25, 0.3) is 0 Å². The van der Waals surface area contributed by atoms with Crippen molar-refractivity contribution < 1.29 is 23.0 Å². The van der Waals surface area contributed by atoms with Crippen molar-refractivity contribution in [3.63, 3.8) is 0 Å². The third-order valence-corrected chi connectivity index (χ3v) is 3.12. The third kappa shape index (κ3) is 2.15. The number of nitro groups is 2. The molecule has 0 radical (unpaired) electrons. The molecule has 0 aliphatic heterocycles. The number of nitrogens with zero attached hydrogens (tertiary/aromatic N) is 2. The maximum atomic E-state index is 12.8. The number of hydrogen-bond donors (Lipinski definition) is 0. The summed E-state index contributed by atoms with van der Waals surface area (Å²) < 4.78 is 38.3. The molecule has 0 fully saturated rings. The Morgan fingerprint density at radius 1 is 1.28 bits per heavy atom. The molecular weight excluding hydrogens is 304 g/mol. The molecule has 0 N–H and O–H groups in total. The van der Waals surface area contributed by atoms with Crippen molar-refractivity contribution in [2.75, 3.05) is 0 Å². The molecule has 100 valence electrons. The SMILES string of the molecule is O=[N+]([O-])C1=C(Cl)C(Cl)=CC([N+](=O)[O-])(C(F)(F)F)C1. The molecule has 1 aliphatic rings. The second kappa shape index (κ2) is 4.39. The van der Waals surface area contributed by atoms with Gasteiger partial charge in [-0.2, -0.15) is 13.2 Å². The fraction of sp³-hybridized carbons (Fsp3) is 0.429. The lowest BCUT2D eigenvalue weighted by molar-refractivity contribution is -0.602. The Bertz CT molecular complexity index is 488. The molecule has 0 spiro atoms. The maximum absolute atomic E-state index is 12.8. The highest BCUT2D eigenvalue weighted by molar-refractivity contribution is 6.44. The van der Waals surface area contributed by atoms with Crippen LogP contribution in [0, 0.1) is 20.2 Å². The largest absolute Gasteiger partial charge is 0.465 e. The van der Waals surface area contributed by atoms with Gasteiger partial charge in [0.15, 0.2) is 0 Å². The van der Waals surface area contributed by atoms with E-state index >= 15 is 0 Å². The first-order chi connectivity index (χ1) is 8.03. The van der Waals surface area contributed by atoms with Gasteiger partial charge >= 0.3 is 11.7 Å². The van der Waals surface area contributed by atoms with Gasteiger partial charge in [0, 0.05) is 11.0 Å². The van der Waals surface area contributed by atoms with Crippen LogP contribution in [0.15, 0.2) is 21.8 Å². The molecule has 11 heteroatoms. The van der Waals surface area contributed by atoms with E-state index < -0.39 is 43.7 Å². The van der Waals surface area contributed by atoms with Crippen LogP contribution in [-0.4, -0.2) is 21.6 Å². The van der Waals surface area contributed by atoms with Gasteiger partial charge in [0.05, 0.1) is 9.96 Å². The van der Waals surface area contributed by atoms with E-state index in [1.807, 2.05) is 0 Å². The van der Waals surface area contributed by atoms with Crippen molar-refractivity contribution >= 4 is 23.2 Å². The molecule has 1 aliphatic carbocycles. The molecule has 0 saturated heterocycles. The van der Waals surface area contributed by atoms with Gasteiger partial charge in [-0.25, -0.2) is 0 Å². The van der Waals surface area contributed by atoms with Crippen molar-refractivity contribution in [3.05, 3.63) is 42.1 Å². The summed E-state index contributed by atoms with van der Waals surface area (Å²) in [7, 11) is 0. The van der Waals surface area contributed by atoms with Crippen LogP contribution in [0.3, 0.4) is 0 Å². The minimum Gasteiger partial charge on any atom is -0.263 e. The second-order valence-corrected chi connectivity index (χ2v) is 4.15. The molecule has 0 saturated carbocycles. The smallest absolute Gasteiger partial charge is 0.263 e. The Labute approximate surface area is 107 Å². The van der Waals surface area contributed by atoms with Crippen molar-refractivity contribution in [1.82, 2.24) is 0 Å². The lowest BCUT2D eigenvalue weighted by atomic mass is 9.89. The van der Waals surface area contributed by atoms with E-state index in [9.17, 15) is 33.4 Å². The molecule has 6 nitrogen and oxygen atoms in total. The first-order valence-electron chi connectivity index (χ1n) is 4.16. The Morgan fingerprint density at radius 2 is 1.78 bits per heavy atom. The molecule has 0 amide bonds. The van der Waals surface area contributed by atoms with Gasteiger partial charge in [-0.15, -0.1) is 0 Å². The number of halogens is 5. The quantitative estimate of drug-likeness (QED) is 0.580. The summed E-state index contributed by atoms with van der Waals surface area (Å²) in [6, 6.07) is 0. The molecular formula is C7H3Cl2F3N2O4. The molecule has 0 heterocycles. The van der Waals surface area contributed by atoms with E-state index in [0.29, 0.717) is 0 Å². The van der Waals surface area contributed by atoms with Gasteiger partial charge < -0.3 is 0 Å². The molecule has 1 atom stereocenters. The van der Waals surface area contributed by atoms with Crippen LogP contribution < -0.4 is 0 Å². The maximum Gasteiger partial charge on any atom is 0.465 e. The molecule has 0 aromatic carbocycles. The van der Waals surface area contributed by atoms with E-state index in [2.05, 4.69) is 0 Å². The van der Waals surface area contributed by atoms with Gasteiger partial charge in [0.2, 0.25) is 0 Å². The normalized spacial score (nSPS) is 24.8. The first kappa shape index (κ1) is 14.7. The summed E-state index contributed by atoms with van der Waals surface area (Å²) in [5.74, 6) is 0. The molecule has 0 aromatic heterocycles. The molecule has 0 aromatic rings. The lowest BCUT2D eigenvalue weighted by Gasteiger charge is -2.26. The van der Waals surface area contributed by atoms with E-state index in [0.717, 1.165) is 0 Å². The monoisotopic (exact) mass is 306 g/mol. The summed E-state index contributed by atoms with van der Waals surface area (Å²) in [5.41, 5.74) is -4.77. The Balaban J connectivity index is 3.48. The number of allylic oxidation sites excluding steroid dienone is 2. The van der Waals surface area contributed by atoms with E-state index in [4.69, 9.17) is 23.2 Å². The Kier molecular flexibility index (Phi) is 3.59. The van der Waals surface area contributed by atoms with E-state index in [1.54, 1.807) is 0 Å². The number of rotatable bonds is 2. The summed E-state index contributed by atoms with van der Waals surface area (Å²) in [5, 5.41) is 19.6. The topological polar surface area (TPSA) is 86.3 Å². The van der Waals surface area contributed by atoms with Gasteiger partial charge in [-0.1, -0.05) is 23.2 Å². The minimum absolute atomic E-state index is 0.0733. The highest BCUT2D eigenvalue weighted by atomic mass is 35.5. The summed E-state index contributed by atoms with van der Waals surface area (Å²) in [6.45, 7) is 0. The number of alkyl halides is 3. The zero-order valence-corrected chi connectivity index (χ0v) is 9.71. The summed E-state index contributed by atoms with van der Waals surface area (Å²) in [4.78, 5) is 18.3. The summed E-state index contributed by atoms with van der Waals surface area (Å²) in [6.07, 6.45) is -6.77. The van der Waals surface area contributed by atoms with E-state index in [1.165, 1.54) is 0 Å². The van der Waals surface area contributed by atoms with Crippen LogP contribution in [-0.2, 0) is 0 Å². The predicted molar refractivity (Wildman–Crippen MR) is 54.2 cm³/mol. The minimum atomic E-state index is -5.34. The van der Waals surface area contributed by atoms with Crippen molar-refractivity contribution in [1.29, 1.82) is 0 Å². The van der Waals surface area contributed by atoms with Crippen molar-refractivity contribution in [2.24, 2.45) is 0 Å². The lowest BCUT2D eigenvalue weighted by Crippen LogP contribution is -2.52. The predicted octanol–water partition coefficient (Wildman–Crippen LogP) is 2.82. The molecule has 18 heavy (non-hydrogen) atoms. The van der Waals surface area contributed by atoms with Crippen LogP contribution in [0.4, 0.5) is 13.2 Å². The highest BCUT2D eigenvalue weighted by Gasteiger charge is 2.68. The fourth-order valence-electron chi connectivity index (χ4n) is 1.34. The van der Waals surface area contributed by atoms with Crippen molar-refractivity contribution in [3.8, 4) is 0 Å². The zero-order chi connectivity index (χ0) is 14.3.